The highest BCUT2D eigenvalue weighted by Crippen LogP contribution is 2.27. The van der Waals surface area contributed by atoms with Crippen molar-refractivity contribution in [1.29, 1.82) is 0 Å². The van der Waals surface area contributed by atoms with E-state index in [0.717, 1.165) is 13.1 Å². The van der Waals surface area contributed by atoms with Gasteiger partial charge in [-0.25, -0.2) is 13.2 Å². The predicted octanol–water partition coefficient (Wildman–Crippen LogP) is 3.09. The van der Waals surface area contributed by atoms with Gasteiger partial charge in [-0.15, -0.1) is 0 Å². The fourth-order valence-corrected chi connectivity index (χ4v) is 2.58. The van der Waals surface area contributed by atoms with Crippen LogP contribution in [0.1, 0.15) is 6.42 Å². The lowest BCUT2D eigenvalue weighted by Crippen LogP contribution is -2.49. The molecule has 1 heterocycles. The number of nitrogens with zero attached hydrogens (tertiary/aromatic N) is 1. The average Bonchev–Trinajstić information content (AvgIpc) is 2.48. The van der Waals surface area contributed by atoms with Crippen LogP contribution in [0, 0.1) is 9.39 Å². The van der Waals surface area contributed by atoms with E-state index in [0.29, 0.717) is 8.47 Å². The molecule has 4 nitrogen and oxygen atoms in total. The van der Waals surface area contributed by atoms with Crippen LogP contribution in [-0.2, 0) is 9.59 Å². The lowest BCUT2D eigenvalue weighted by atomic mass is 9.99. The lowest BCUT2D eigenvalue weighted by molar-refractivity contribution is -0.138. The van der Waals surface area contributed by atoms with Crippen molar-refractivity contribution in [1.82, 2.24) is 4.90 Å². The third kappa shape index (κ3) is 3.65. The first-order valence-corrected chi connectivity index (χ1v) is 7.51. The van der Waals surface area contributed by atoms with E-state index in [1.807, 2.05) is 22.6 Å². The molecule has 0 aliphatic carbocycles. The molecule has 0 saturated heterocycles. The van der Waals surface area contributed by atoms with Crippen LogP contribution in [0.3, 0.4) is 0 Å². The van der Waals surface area contributed by atoms with Gasteiger partial charge in [0.15, 0.2) is 0 Å². The molecule has 0 saturated carbocycles. The van der Waals surface area contributed by atoms with Crippen LogP contribution in [0.4, 0.5) is 23.2 Å². The van der Waals surface area contributed by atoms with Crippen LogP contribution in [-0.4, -0.2) is 36.1 Å². The van der Waals surface area contributed by atoms with Crippen molar-refractivity contribution in [2.45, 2.75) is 18.9 Å². The molecular weight excluding hydrogens is 431 g/mol. The van der Waals surface area contributed by atoms with Gasteiger partial charge in [0, 0.05) is 17.0 Å². The van der Waals surface area contributed by atoms with Crippen LogP contribution < -0.4 is 5.32 Å². The number of rotatable bonds is 4. The van der Waals surface area contributed by atoms with Crippen molar-refractivity contribution < 1.29 is 27.2 Å². The summed E-state index contributed by atoms with van der Waals surface area (Å²) in [4.78, 5) is 24.6. The zero-order valence-electron chi connectivity index (χ0n) is 11.7. The summed E-state index contributed by atoms with van der Waals surface area (Å²) in [6.45, 7) is 0. The summed E-state index contributed by atoms with van der Waals surface area (Å²) in [6.07, 6.45) is -3.77. The van der Waals surface area contributed by atoms with Crippen LogP contribution in [0.2, 0.25) is 0 Å². The Labute approximate surface area is 142 Å². The van der Waals surface area contributed by atoms with Crippen LogP contribution in [0.5, 0.6) is 0 Å². The SMILES string of the molecule is CN1C(=O)C(F)=C(Nc2ccc(I)cc2F)C(=O)C1CC(F)F. The maximum absolute atomic E-state index is 14.0. The van der Waals surface area contributed by atoms with Gasteiger partial charge in [-0.2, -0.15) is 4.39 Å². The molecule has 1 aliphatic rings. The Morgan fingerprint density at radius 2 is 1.96 bits per heavy atom. The molecule has 124 valence electrons. The van der Waals surface area contributed by atoms with Gasteiger partial charge >= 0.3 is 0 Å². The summed E-state index contributed by atoms with van der Waals surface area (Å²) < 4.78 is 53.6. The highest BCUT2D eigenvalue weighted by molar-refractivity contribution is 14.1. The molecule has 0 radical (unpaired) electrons. The number of hydrogen-bond donors (Lipinski definition) is 1. The molecule has 1 aliphatic heterocycles. The molecular formula is C14H11F4IN2O2. The first-order chi connectivity index (χ1) is 10.7. The molecule has 0 bridgehead atoms. The second-order valence-electron chi connectivity index (χ2n) is 4.86. The van der Waals surface area contributed by atoms with Crippen molar-refractivity contribution in [3.63, 3.8) is 0 Å². The van der Waals surface area contributed by atoms with E-state index in [2.05, 4.69) is 5.32 Å². The number of anilines is 1. The van der Waals surface area contributed by atoms with Crippen molar-refractivity contribution >= 4 is 40.0 Å². The molecule has 1 aromatic rings. The van der Waals surface area contributed by atoms with Crippen LogP contribution in [0.25, 0.3) is 0 Å². The maximum atomic E-state index is 14.0. The highest BCUT2D eigenvalue weighted by atomic mass is 127. The molecule has 0 aromatic heterocycles. The van der Waals surface area contributed by atoms with Crippen LogP contribution >= 0.6 is 22.6 Å². The van der Waals surface area contributed by atoms with Crippen molar-refractivity contribution in [2.24, 2.45) is 0 Å². The molecule has 1 N–H and O–H groups in total. The Bertz CT molecular complexity index is 693. The number of ketones is 1. The standard InChI is InChI=1S/C14H11F4IN2O2/c1-21-9(5-10(16)17)13(22)12(11(18)14(21)23)20-8-3-2-6(19)4-7(8)15/h2-4,9-10,20H,5H2,1H3. The number of carbonyl (C=O) groups excluding carboxylic acids is 2. The number of alkyl halides is 2. The Morgan fingerprint density at radius 1 is 1.30 bits per heavy atom. The fourth-order valence-electron chi connectivity index (χ4n) is 2.13. The number of benzene rings is 1. The summed E-state index contributed by atoms with van der Waals surface area (Å²) in [6, 6.07) is 2.40. The summed E-state index contributed by atoms with van der Waals surface area (Å²) in [5.41, 5.74) is -1.03. The summed E-state index contributed by atoms with van der Waals surface area (Å²) in [7, 11) is 1.06. The second kappa shape index (κ2) is 6.85. The van der Waals surface area contributed by atoms with Gasteiger partial charge in [0.05, 0.1) is 5.69 Å². The summed E-state index contributed by atoms with van der Waals surface area (Å²) >= 11 is 1.86. The van der Waals surface area contributed by atoms with Gasteiger partial charge in [0.2, 0.25) is 18.0 Å². The number of hydrogen-bond acceptors (Lipinski definition) is 3. The number of Topliss-reactive ketones (excluding diaryl/α,β-unsaturated/α-hetero) is 1. The molecule has 0 spiro atoms. The van der Waals surface area contributed by atoms with Gasteiger partial charge in [-0.3, -0.25) is 9.59 Å². The molecule has 1 atom stereocenters. The highest BCUT2D eigenvalue weighted by Gasteiger charge is 2.41. The zero-order chi connectivity index (χ0) is 17.3. The fraction of sp³-hybridized carbons (Fsp3) is 0.286. The zero-order valence-corrected chi connectivity index (χ0v) is 13.9. The van der Waals surface area contributed by atoms with Crippen molar-refractivity contribution in [3.8, 4) is 0 Å². The van der Waals surface area contributed by atoms with E-state index in [-0.39, 0.29) is 5.69 Å². The molecule has 23 heavy (non-hydrogen) atoms. The van der Waals surface area contributed by atoms with Gasteiger partial charge in [0.1, 0.15) is 17.6 Å². The van der Waals surface area contributed by atoms with Crippen molar-refractivity contribution in [2.75, 3.05) is 12.4 Å². The molecule has 9 heteroatoms. The van der Waals surface area contributed by atoms with Gasteiger partial charge < -0.3 is 10.2 Å². The predicted molar refractivity (Wildman–Crippen MR) is 83.1 cm³/mol. The summed E-state index contributed by atoms with van der Waals surface area (Å²) in [5, 5.41) is 2.21. The smallest absolute Gasteiger partial charge is 0.285 e. The third-order valence-electron chi connectivity index (χ3n) is 3.34. The Morgan fingerprint density at radius 3 is 2.52 bits per heavy atom. The average molecular weight is 442 g/mol. The topological polar surface area (TPSA) is 49.4 Å². The van der Waals surface area contributed by atoms with Crippen molar-refractivity contribution in [3.05, 3.63) is 39.1 Å². The Kier molecular flexibility index (Phi) is 5.27. The van der Waals surface area contributed by atoms with Gasteiger partial charge in [-0.05, 0) is 40.8 Å². The Balaban J connectivity index is 2.38. The largest absolute Gasteiger partial charge is 0.348 e. The molecule has 1 unspecified atom stereocenters. The first-order valence-electron chi connectivity index (χ1n) is 6.43. The maximum Gasteiger partial charge on any atom is 0.285 e. The third-order valence-corrected chi connectivity index (χ3v) is 4.01. The normalized spacial score (nSPS) is 18.9. The number of likely N-dealkylation sites (N-methyl/N-ethyl adjacent to an activating group) is 1. The molecule has 2 rings (SSSR count). The van der Waals surface area contributed by atoms with Gasteiger partial charge in [0.25, 0.3) is 5.91 Å². The van der Waals surface area contributed by atoms with E-state index in [1.165, 1.54) is 12.1 Å². The monoisotopic (exact) mass is 442 g/mol. The summed E-state index contributed by atoms with van der Waals surface area (Å²) in [5.74, 6) is -4.42. The van der Waals surface area contributed by atoms with E-state index in [1.54, 1.807) is 0 Å². The first kappa shape index (κ1) is 17.7. The van der Waals surface area contributed by atoms with E-state index < -0.39 is 47.9 Å². The minimum absolute atomic E-state index is 0.225. The number of nitrogens with one attached hydrogen (secondary N) is 1. The minimum Gasteiger partial charge on any atom is -0.348 e. The van der Waals surface area contributed by atoms with Crippen LogP contribution in [0.15, 0.2) is 29.7 Å². The number of amides is 1. The second-order valence-corrected chi connectivity index (χ2v) is 6.11. The van der Waals surface area contributed by atoms with E-state index >= 15 is 0 Å². The molecule has 1 aromatic carbocycles. The molecule has 1 amide bonds. The minimum atomic E-state index is -2.85. The number of halogens is 5. The molecule has 0 fully saturated rings. The Hall–Kier alpha value is -1.65. The van der Waals surface area contributed by atoms with E-state index in [4.69, 9.17) is 0 Å². The quantitative estimate of drug-likeness (QED) is 0.576. The van der Waals surface area contributed by atoms with E-state index in [9.17, 15) is 27.2 Å². The number of carbonyl (C=O) groups is 2. The van der Waals surface area contributed by atoms with Gasteiger partial charge in [-0.1, -0.05) is 0 Å². The lowest BCUT2D eigenvalue weighted by Gasteiger charge is -2.31.